The van der Waals surface area contributed by atoms with Gasteiger partial charge in [-0.1, -0.05) is 29.8 Å². The highest BCUT2D eigenvalue weighted by atomic mass is 32.2. The summed E-state index contributed by atoms with van der Waals surface area (Å²) in [6.45, 7) is 9.72. The Morgan fingerprint density at radius 3 is 2.16 bits per heavy atom. The number of piperazine rings is 1. The summed E-state index contributed by atoms with van der Waals surface area (Å²) in [5.74, 6) is 1.34. The molecule has 0 bridgehead atoms. The number of hydrogen-bond acceptors (Lipinski definition) is 6. The lowest BCUT2D eigenvalue weighted by atomic mass is 10.2. The third-order valence-electron chi connectivity index (χ3n) is 5.67. The van der Waals surface area contributed by atoms with Gasteiger partial charge in [0.1, 0.15) is 5.82 Å². The lowest BCUT2D eigenvalue weighted by Gasteiger charge is -2.35. The van der Waals surface area contributed by atoms with Crippen molar-refractivity contribution in [3.63, 3.8) is 0 Å². The van der Waals surface area contributed by atoms with Crippen LogP contribution in [0, 0.1) is 27.7 Å². The maximum absolute atomic E-state index is 13.2. The molecule has 0 radical (unpaired) electrons. The summed E-state index contributed by atoms with van der Waals surface area (Å²) < 4.78 is 28.0. The van der Waals surface area contributed by atoms with Crippen molar-refractivity contribution in [3.8, 4) is 0 Å². The van der Waals surface area contributed by atoms with Crippen LogP contribution in [0.25, 0.3) is 0 Å². The minimum Gasteiger partial charge on any atom is -0.354 e. The van der Waals surface area contributed by atoms with E-state index in [0.717, 1.165) is 28.3 Å². The minimum absolute atomic E-state index is 0.397. The van der Waals surface area contributed by atoms with Crippen LogP contribution in [0.4, 0.5) is 17.5 Å². The van der Waals surface area contributed by atoms with Crippen molar-refractivity contribution in [2.45, 2.75) is 32.6 Å². The zero-order valence-electron chi connectivity index (χ0n) is 19.0. The van der Waals surface area contributed by atoms with Gasteiger partial charge in [0, 0.05) is 43.6 Å². The topological polar surface area (TPSA) is 78.4 Å². The van der Waals surface area contributed by atoms with Crippen LogP contribution < -0.4 is 10.2 Å². The average Bonchev–Trinajstić information content (AvgIpc) is 2.76. The normalized spacial score (nSPS) is 15.1. The van der Waals surface area contributed by atoms with Crippen LogP contribution in [-0.2, 0) is 10.0 Å². The number of hydrogen-bond donors (Lipinski definition) is 1. The van der Waals surface area contributed by atoms with Crippen molar-refractivity contribution in [2.24, 2.45) is 0 Å². The lowest BCUT2D eigenvalue weighted by Crippen LogP contribution is -2.49. The third-order valence-corrected chi connectivity index (χ3v) is 7.71. The number of nitrogens with one attached hydrogen (secondary N) is 1. The standard InChI is InChI=1S/C24H29N5O2S/c1-17-6-9-21(10-7-17)26-24-25-20(4)16-23(27-24)28-11-13-29(14-12-28)32(30,31)22-15-18(2)5-8-19(22)3/h5-10,15-16H,11-14H2,1-4H3,(H,25,26,27). The molecule has 168 valence electrons. The summed E-state index contributed by atoms with van der Waals surface area (Å²) in [6.07, 6.45) is 0. The molecule has 0 saturated carbocycles. The molecule has 0 amide bonds. The fourth-order valence-electron chi connectivity index (χ4n) is 3.82. The Labute approximate surface area is 190 Å². The average molecular weight is 452 g/mol. The van der Waals surface area contributed by atoms with E-state index in [1.165, 1.54) is 5.56 Å². The highest BCUT2D eigenvalue weighted by molar-refractivity contribution is 7.89. The Bertz CT molecular complexity index is 1220. The van der Waals surface area contributed by atoms with E-state index in [0.29, 0.717) is 37.0 Å². The predicted molar refractivity (Wildman–Crippen MR) is 128 cm³/mol. The Kier molecular flexibility index (Phi) is 6.17. The predicted octanol–water partition coefficient (Wildman–Crippen LogP) is 3.96. The van der Waals surface area contributed by atoms with E-state index in [1.807, 2.05) is 70.2 Å². The monoisotopic (exact) mass is 451 g/mol. The molecule has 0 aliphatic carbocycles. The van der Waals surface area contributed by atoms with Crippen LogP contribution in [0.5, 0.6) is 0 Å². The Morgan fingerprint density at radius 2 is 1.47 bits per heavy atom. The summed E-state index contributed by atoms with van der Waals surface area (Å²) >= 11 is 0. The molecular formula is C24H29N5O2S. The zero-order chi connectivity index (χ0) is 22.9. The first-order chi connectivity index (χ1) is 15.2. The largest absolute Gasteiger partial charge is 0.354 e. The number of nitrogens with zero attached hydrogens (tertiary/aromatic N) is 4. The molecule has 0 unspecified atom stereocenters. The molecule has 1 aliphatic rings. The highest BCUT2D eigenvalue weighted by Gasteiger charge is 2.30. The van der Waals surface area contributed by atoms with Crippen molar-refractivity contribution in [1.29, 1.82) is 0 Å². The van der Waals surface area contributed by atoms with Gasteiger partial charge in [0.25, 0.3) is 0 Å². The zero-order valence-corrected chi connectivity index (χ0v) is 19.8. The van der Waals surface area contributed by atoms with Crippen molar-refractivity contribution < 1.29 is 8.42 Å². The summed E-state index contributed by atoms with van der Waals surface area (Å²) in [4.78, 5) is 11.7. The minimum atomic E-state index is -3.52. The van der Waals surface area contributed by atoms with E-state index in [9.17, 15) is 8.42 Å². The summed E-state index contributed by atoms with van der Waals surface area (Å²) in [7, 11) is -3.52. The maximum Gasteiger partial charge on any atom is 0.243 e. The van der Waals surface area contributed by atoms with E-state index < -0.39 is 10.0 Å². The van der Waals surface area contributed by atoms with E-state index in [-0.39, 0.29) is 0 Å². The molecule has 1 N–H and O–H groups in total. The second kappa shape index (κ2) is 8.88. The van der Waals surface area contributed by atoms with Gasteiger partial charge >= 0.3 is 0 Å². The highest BCUT2D eigenvalue weighted by Crippen LogP contribution is 2.25. The Balaban J connectivity index is 1.49. The van der Waals surface area contributed by atoms with Crippen LogP contribution >= 0.6 is 0 Å². The quantitative estimate of drug-likeness (QED) is 0.633. The summed E-state index contributed by atoms with van der Waals surface area (Å²) in [6, 6.07) is 15.6. The molecule has 3 aromatic rings. The van der Waals surface area contributed by atoms with Crippen molar-refractivity contribution in [2.75, 3.05) is 36.4 Å². The summed E-state index contributed by atoms with van der Waals surface area (Å²) in [5, 5.41) is 3.26. The Hall–Kier alpha value is -2.97. The van der Waals surface area contributed by atoms with Gasteiger partial charge in [-0.05, 0) is 57.0 Å². The SMILES string of the molecule is Cc1ccc(Nc2nc(C)cc(N3CCN(S(=O)(=O)c4cc(C)ccc4C)CC3)n2)cc1. The van der Waals surface area contributed by atoms with Gasteiger partial charge in [-0.15, -0.1) is 0 Å². The van der Waals surface area contributed by atoms with E-state index in [1.54, 1.807) is 10.4 Å². The molecule has 1 aromatic heterocycles. The van der Waals surface area contributed by atoms with Crippen LogP contribution in [0.1, 0.15) is 22.4 Å². The van der Waals surface area contributed by atoms with Gasteiger partial charge in [0.05, 0.1) is 4.90 Å². The van der Waals surface area contributed by atoms with Gasteiger partial charge in [-0.2, -0.15) is 9.29 Å². The molecule has 1 fully saturated rings. The fourth-order valence-corrected chi connectivity index (χ4v) is 5.55. The smallest absolute Gasteiger partial charge is 0.243 e. The second-order valence-corrected chi connectivity index (χ2v) is 10.2. The number of aryl methyl sites for hydroxylation is 4. The summed E-state index contributed by atoms with van der Waals surface area (Å²) in [5.41, 5.74) is 4.69. The molecule has 1 saturated heterocycles. The molecule has 2 aromatic carbocycles. The van der Waals surface area contributed by atoms with E-state index in [2.05, 4.69) is 20.2 Å². The fraction of sp³-hybridized carbons (Fsp3) is 0.333. The first kappa shape index (κ1) is 22.2. The molecule has 0 spiro atoms. The number of aromatic nitrogens is 2. The first-order valence-electron chi connectivity index (χ1n) is 10.7. The van der Waals surface area contributed by atoms with Crippen molar-refractivity contribution in [1.82, 2.24) is 14.3 Å². The van der Waals surface area contributed by atoms with Gasteiger partial charge in [0.2, 0.25) is 16.0 Å². The number of benzene rings is 2. The molecule has 8 heteroatoms. The Morgan fingerprint density at radius 1 is 0.812 bits per heavy atom. The molecule has 1 aliphatic heterocycles. The van der Waals surface area contributed by atoms with Crippen LogP contribution in [0.2, 0.25) is 0 Å². The molecule has 7 nitrogen and oxygen atoms in total. The van der Waals surface area contributed by atoms with Gasteiger partial charge in [-0.25, -0.2) is 13.4 Å². The second-order valence-electron chi connectivity index (χ2n) is 8.34. The number of sulfonamides is 1. The molecule has 0 atom stereocenters. The van der Waals surface area contributed by atoms with Crippen molar-refractivity contribution >= 4 is 27.5 Å². The number of anilines is 3. The lowest BCUT2D eigenvalue weighted by molar-refractivity contribution is 0.383. The third kappa shape index (κ3) is 4.76. The van der Waals surface area contributed by atoms with E-state index >= 15 is 0 Å². The van der Waals surface area contributed by atoms with E-state index in [4.69, 9.17) is 0 Å². The first-order valence-corrected chi connectivity index (χ1v) is 12.2. The van der Waals surface area contributed by atoms with Gasteiger partial charge in [-0.3, -0.25) is 0 Å². The van der Waals surface area contributed by atoms with Crippen LogP contribution in [0.3, 0.4) is 0 Å². The van der Waals surface area contributed by atoms with Gasteiger partial charge in [0.15, 0.2) is 0 Å². The number of rotatable bonds is 5. The molecule has 4 rings (SSSR count). The maximum atomic E-state index is 13.2. The molecule has 32 heavy (non-hydrogen) atoms. The van der Waals surface area contributed by atoms with Crippen LogP contribution in [-0.4, -0.2) is 48.9 Å². The van der Waals surface area contributed by atoms with Crippen LogP contribution in [0.15, 0.2) is 53.4 Å². The molecule has 2 heterocycles. The van der Waals surface area contributed by atoms with Crippen molar-refractivity contribution in [3.05, 3.63) is 70.9 Å². The van der Waals surface area contributed by atoms with Gasteiger partial charge < -0.3 is 10.2 Å². The molecular weight excluding hydrogens is 422 g/mol.